The highest BCUT2D eigenvalue weighted by Gasteiger charge is 2.70. The van der Waals surface area contributed by atoms with Gasteiger partial charge in [-0.3, -0.25) is 0 Å². The molecule has 188 valence electrons. The minimum absolute atomic E-state index is 0.0162. The van der Waals surface area contributed by atoms with Crippen LogP contribution in [-0.4, -0.2) is 25.2 Å². The number of benzene rings is 1. The van der Waals surface area contributed by atoms with Crippen molar-refractivity contribution < 1.29 is 35.8 Å². The van der Waals surface area contributed by atoms with Gasteiger partial charge >= 0.3 is 11.8 Å². The fourth-order valence-electron chi connectivity index (χ4n) is 5.62. The van der Waals surface area contributed by atoms with Gasteiger partial charge in [-0.25, -0.2) is 8.78 Å². The summed E-state index contributed by atoms with van der Waals surface area (Å²) in [6, 6.07) is 2.28. The van der Waals surface area contributed by atoms with Crippen molar-refractivity contribution in [3.63, 3.8) is 0 Å². The van der Waals surface area contributed by atoms with Crippen molar-refractivity contribution in [3.8, 4) is 5.75 Å². The molecule has 0 heterocycles. The second-order valence-electron chi connectivity index (χ2n) is 9.34. The summed E-state index contributed by atoms with van der Waals surface area (Å²) in [4.78, 5) is 0. The van der Waals surface area contributed by atoms with Crippen molar-refractivity contribution in [1.82, 2.24) is 0 Å². The first kappa shape index (κ1) is 25.1. The fourth-order valence-corrected chi connectivity index (χ4v) is 5.62. The Morgan fingerprint density at radius 2 is 1.68 bits per heavy atom. The molecule has 0 saturated heterocycles. The number of allylic oxidation sites excluding steroid dienone is 4. The maximum absolute atomic E-state index is 15.4. The first-order valence-corrected chi connectivity index (χ1v) is 12.0. The van der Waals surface area contributed by atoms with E-state index in [1.807, 2.05) is 6.92 Å². The molecule has 0 amide bonds. The lowest BCUT2D eigenvalue weighted by molar-refractivity contribution is -0.250. The Labute approximate surface area is 196 Å². The molecular formula is C26H30F6O2. The lowest BCUT2D eigenvalue weighted by Gasteiger charge is -2.44. The van der Waals surface area contributed by atoms with E-state index in [4.69, 9.17) is 9.47 Å². The van der Waals surface area contributed by atoms with Gasteiger partial charge in [-0.05, 0) is 75.5 Å². The summed E-state index contributed by atoms with van der Waals surface area (Å²) in [5.74, 6) is -16.4. The molecule has 2 atom stereocenters. The first-order chi connectivity index (χ1) is 16.1. The van der Waals surface area contributed by atoms with E-state index >= 15 is 22.0 Å². The first-order valence-electron chi connectivity index (χ1n) is 12.0. The van der Waals surface area contributed by atoms with E-state index in [1.54, 1.807) is 0 Å². The van der Waals surface area contributed by atoms with Crippen LogP contribution < -0.4 is 4.74 Å². The van der Waals surface area contributed by atoms with Gasteiger partial charge in [-0.15, -0.1) is 0 Å². The number of alkyl halides is 4. The van der Waals surface area contributed by atoms with Crippen molar-refractivity contribution in [3.05, 3.63) is 52.6 Å². The molecule has 0 spiro atoms. The Morgan fingerprint density at radius 3 is 2.32 bits per heavy atom. The van der Waals surface area contributed by atoms with Crippen LogP contribution in [0.2, 0.25) is 0 Å². The normalized spacial score (nSPS) is 29.5. The summed E-state index contributed by atoms with van der Waals surface area (Å²) in [6.07, 6.45) is 7.33. The topological polar surface area (TPSA) is 18.5 Å². The SMILES string of the molecule is CCOc1ccc2c(c1F)C(F)(F)C(F)(F)C1C(F)=C(CCC3CCC(OCC)CC3)C=CC21. The van der Waals surface area contributed by atoms with Gasteiger partial charge in [0.05, 0.1) is 24.2 Å². The van der Waals surface area contributed by atoms with Gasteiger partial charge < -0.3 is 9.47 Å². The Kier molecular flexibility index (Phi) is 7.09. The third-order valence-corrected chi connectivity index (χ3v) is 7.38. The van der Waals surface area contributed by atoms with E-state index < -0.39 is 46.6 Å². The summed E-state index contributed by atoms with van der Waals surface area (Å²) in [5.41, 5.74) is -1.71. The lowest BCUT2D eigenvalue weighted by Crippen LogP contribution is -2.52. The van der Waals surface area contributed by atoms with E-state index in [2.05, 4.69) is 0 Å². The van der Waals surface area contributed by atoms with Crippen LogP contribution in [0.5, 0.6) is 5.75 Å². The maximum atomic E-state index is 15.4. The van der Waals surface area contributed by atoms with Crippen LogP contribution in [0.3, 0.4) is 0 Å². The summed E-state index contributed by atoms with van der Waals surface area (Å²) in [6.45, 7) is 4.11. The zero-order valence-corrected chi connectivity index (χ0v) is 19.4. The van der Waals surface area contributed by atoms with Gasteiger partial charge in [0.25, 0.3) is 0 Å². The second kappa shape index (κ2) is 9.59. The highest BCUT2D eigenvalue weighted by Crippen LogP contribution is 2.62. The van der Waals surface area contributed by atoms with E-state index in [0.717, 1.165) is 37.8 Å². The Balaban J connectivity index is 1.59. The van der Waals surface area contributed by atoms with Crippen LogP contribution in [0.4, 0.5) is 26.3 Å². The standard InChI is InChI=1S/C26H30F6O2/c1-3-33-17-10-6-15(7-11-17)5-8-16-9-12-18-19-13-14-20(34-4-2)24(28)22(19)26(31,32)25(29,30)21(18)23(16)27/h9,12-15,17-18,21H,3-8,10-11H2,1-2H3. The van der Waals surface area contributed by atoms with E-state index in [9.17, 15) is 4.39 Å². The molecule has 2 nitrogen and oxygen atoms in total. The Morgan fingerprint density at radius 1 is 0.971 bits per heavy atom. The van der Waals surface area contributed by atoms with Crippen molar-refractivity contribution in [2.75, 3.05) is 13.2 Å². The molecule has 4 rings (SSSR count). The van der Waals surface area contributed by atoms with Gasteiger partial charge in [0.2, 0.25) is 0 Å². The Bertz CT molecular complexity index is 962. The van der Waals surface area contributed by atoms with Crippen molar-refractivity contribution in [2.24, 2.45) is 11.8 Å². The number of fused-ring (bicyclic) bond motifs is 3. The molecule has 1 aromatic rings. The summed E-state index contributed by atoms with van der Waals surface area (Å²) in [5, 5.41) is 0. The predicted molar refractivity (Wildman–Crippen MR) is 117 cm³/mol. The highest BCUT2D eigenvalue weighted by atomic mass is 19.3. The fraction of sp³-hybridized carbons (Fsp3) is 0.615. The third kappa shape index (κ3) is 4.16. The van der Waals surface area contributed by atoms with E-state index in [1.165, 1.54) is 19.1 Å². The molecule has 2 unspecified atom stereocenters. The minimum Gasteiger partial charge on any atom is -0.491 e. The van der Waals surface area contributed by atoms with Crippen molar-refractivity contribution in [1.29, 1.82) is 0 Å². The Hall–Kier alpha value is -1.96. The molecule has 1 saturated carbocycles. The lowest BCUT2D eigenvalue weighted by atomic mass is 9.67. The average molecular weight is 489 g/mol. The minimum atomic E-state index is -4.88. The molecule has 34 heavy (non-hydrogen) atoms. The molecule has 3 aliphatic carbocycles. The van der Waals surface area contributed by atoms with Crippen molar-refractivity contribution in [2.45, 2.75) is 76.2 Å². The number of rotatable bonds is 7. The number of halogens is 6. The van der Waals surface area contributed by atoms with Crippen molar-refractivity contribution >= 4 is 0 Å². The van der Waals surface area contributed by atoms with Crippen LogP contribution >= 0.6 is 0 Å². The molecule has 0 N–H and O–H groups in total. The zero-order valence-electron chi connectivity index (χ0n) is 19.4. The molecule has 0 radical (unpaired) electrons. The second-order valence-corrected chi connectivity index (χ2v) is 9.34. The molecule has 0 bridgehead atoms. The number of hydrogen-bond donors (Lipinski definition) is 0. The maximum Gasteiger partial charge on any atom is 0.339 e. The molecule has 1 aromatic carbocycles. The molecule has 3 aliphatic rings. The predicted octanol–water partition coefficient (Wildman–Crippen LogP) is 7.83. The van der Waals surface area contributed by atoms with Crippen LogP contribution in [0.25, 0.3) is 0 Å². The van der Waals surface area contributed by atoms with Gasteiger partial charge in [0.15, 0.2) is 11.6 Å². The molecule has 1 fully saturated rings. The third-order valence-electron chi connectivity index (χ3n) is 7.38. The smallest absolute Gasteiger partial charge is 0.339 e. The molecule has 0 aromatic heterocycles. The summed E-state index contributed by atoms with van der Waals surface area (Å²) < 4.78 is 101. The van der Waals surface area contributed by atoms with E-state index in [0.29, 0.717) is 18.9 Å². The number of hydrogen-bond acceptors (Lipinski definition) is 2. The molecular weight excluding hydrogens is 458 g/mol. The van der Waals surface area contributed by atoms with Gasteiger partial charge in [0.1, 0.15) is 5.83 Å². The quantitative estimate of drug-likeness (QED) is 0.364. The zero-order chi connectivity index (χ0) is 24.7. The number of ether oxygens (including phenoxy) is 2. The van der Waals surface area contributed by atoms with Gasteiger partial charge in [-0.2, -0.15) is 17.6 Å². The summed E-state index contributed by atoms with van der Waals surface area (Å²) in [7, 11) is 0. The van der Waals surface area contributed by atoms with Gasteiger partial charge in [0, 0.05) is 12.5 Å². The highest BCUT2D eigenvalue weighted by molar-refractivity contribution is 5.51. The molecule has 8 heteroatoms. The van der Waals surface area contributed by atoms with Crippen LogP contribution in [0.1, 0.15) is 69.4 Å². The summed E-state index contributed by atoms with van der Waals surface area (Å²) >= 11 is 0. The monoisotopic (exact) mass is 488 g/mol. The van der Waals surface area contributed by atoms with E-state index in [-0.39, 0.29) is 30.3 Å². The average Bonchev–Trinajstić information content (AvgIpc) is 2.79. The van der Waals surface area contributed by atoms with Crippen LogP contribution in [0, 0.1) is 17.7 Å². The van der Waals surface area contributed by atoms with Gasteiger partial charge in [-0.1, -0.05) is 18.2 Å². The van der Waals surface area contributed by atoms with Crippen LogP contribution in [-0.2, 0) is 10.7 Å². The van der Waals surface area contributed by atoms with Crippen LogP contribution in [0.15, 0.2) is 35.7 Å². The largest absolute Gasteiger partial charge is 0.491 e. The molecule has 0 aliphatic heterocycles.